The molecule has 0 unspecified atom stereocenters. The molecule has 1 aromatic rings. The smallest absolute Gasteiger partial charge is 0.407 e. The molecule has 2 aliphatic rings. The Morgan fingerprint density at radius 2 is 2.04 bits per heavy atom. The number of fused-ring (bicyclic) bond motifs is 2. The topological polar surface area (TPSA) is 75.7 Å². The number of nitrogens with zero attached hydrogens (tertiary/aromatic N) is 1. The average Bonchev–Trinajstić information content (AvgIpc) is 2.81. The van der Waals surface area contributed by atoms with Gasteiger partial charge < -0.3 is 21.4 Å². The molecule has 2 bridgehead atoms. The van der Waals surface area contributed by atoms with E-state index in [1.165, 1.54) is 0 Å². The van der Waals surface area contributed by atoms with Crippen LogP contribution in [0, 0.1) is 12.3 Å². The van der Waals surface area contributed by atoms with Gasteiger partial charge in [-0.3, -0.25) is 9.59 Å². The zero-order valence-corrected chi connectivity index (χ0v) is 15.8. The summed E-state index contributed by atoms with van der Waals surface area (Å²) in [6.07, 6.45) is 2.27. The maximum atomic E-state index is 12.2. The Morgan fingerprint density at radius 1 is 1.33 bits per heavy atom. The van der Waals surface area contributed by atoms with Gasteiger partial charge in [0.2, 0.25) is 13.8 Å². The third-order valence-electron chi connectivity index (χ3n) is 4.28. The van der Waals surface area contributed by atoms with E-state index in [0.29, 0.717) is 12.8 Å². The summed E-state index contributed by atoms with van der Waals surface area (Å²) in [5.74, 6) is -1.50. The van der Waals surface area contributed by atoms with Crippen molar-refractivity contribution in [3.05, 3.63) is 42.3 Å². The normalized spacial score (nSPS) is 24.9. The summed E-state index contributed by atoms with van der Waals surface area (Å²) in [5.41, 5.74) is 0.884. The number of amides is 3. The van der Waals surface area contributed by atoms with E-state index in [-0.39, 0.29) is 45.7 Å². The Morgan fingerprint density at radius 3 is 2.71 bits per heavy atom. The molecule has 3 amide bonds. The zero-order valence-electron chi connectivity index (χ0n) is 12.9. The van der Waals surface area contributed by atoms with Crippen molar-refractivity contribution in [2.24, 2.45) is 5.92 Å². The fraction of sp³-hybridized carbons (Fsp3) is 0.375. The first kappa shape index (κ1) is 18.7. The third kappa shape index (κ3) is 3.89. The van der Waals surface area contributed by atoms with E-state index in [9.17, 15) is 14.4 Å². The quantitative estimate of drug-likeness (QED) is 0.509. The predicted molar refractivity (Wildman–Crippen MR) is 82.4 cm³/mol. The van der Waals surface area contributed by atoms with Crippen molar-refractivity contribution in [3.8, 4) is 0 Å². The zero-order chi connectivity index (χ0) is 16.4. The van der Waals surface area contributed by atoms with Crippen LogP contribution in [0.25, 0.3) is 0 Å². The first-order valence-electron chi connectivity index (χ1n) is 7.49. The second-order valence-corrected chi connectivity index (χ2v) is 5.74. The van der Waals surface area contributed by atoms with Gasteiger partial charge in [-0.25, -0.2) is 4.79 Å². The minimum atomic E-state index is -0.744. The molecule has 3 rings (SSSR count). The molecule has 1 aromatic carbocycles. The molecule has 0 aromatic heterocycles. The third-order valence-corrected chi connectivity index (χ3v) is 4.28. The number of likely N-dealkylation sites (tertiary alicyclic amines) is 1. The van der Waals surface area contributed by atoms with Gasteiger partial charge in [-0.2, -0.15) is 6.42 Å². The van der Waals surface area contributed by atoms with E-state index in [2.05, 4.69) is 5.32 Å². The molecule has 3 atom stereocenters. The number of imide groups is 1. The largest absolute Gasteiger partial charge is 0.445 e. The number of carbonyl (C=O) groups is 3. The van der Waals surface area contributed by atoms with E-state index in [1.807, 2.05) is 36.8 Å². The molecule has 124 valence electrons. The molecule has 24 heavy (non-hydrogen) atoms. The van der Waals surface area contributed by atoms with E-state index in [0.717, 1.165) is 10.5 Å². The maximum Gasteiger partial charge on any atom is 0.407 e. The van der Waals surface area contributed by atoms with Crippen LogP contribution < -0.4 is 5.32 Å². The molecule has 1 saturated heterocycles. The van der Waals surface area contributed by atoms with Gasteiger partial charge >= 0.3 is 6.09 Å². The standard InChI is InChI=1S/C16H16BN2O4.W/c17-15(21)19-11-6-7-13(12(8-11)14(19)20)18-16(22)23-9-10-4-2-1-3-5-10;/h1-6,11-13H,7-9H2,(H,18,22);/q-1;/t11-,12-,13-;/m0./s1. The van der Waals surface area contributed by atoms with Crippen LogP contribution in [0.3, 0.4) is 0 Å². The molecule has 6 nitrogen and oxygen atoms in total. The number of alkyl carbamates (subject to hydrolysis) is 1. The first-order valence-corrected chi connectivity index (χ1v) is 7.49. The Labute approximate surface area is 156 Å². The number of benzene rings is 1. The molecule has 1 aliphatic heterocycles. The van der Waals surface area contributed by atoms with Crippen molar-refractivity contribution in [3.63, 3.8) is 0 Å². The van der Waals surface area contributed by atoms with Crippen LogP contribution >= 0.6 is 0 Å². The molecule has 1 heterocycles. The molecular formula is C16H16BN2O4W-. The Hall–Kier alpha value is -1.62. The van der Waals surface area contributed by atoms with E-state index >= 15 is 0 Å². The van der Waals surface area contributed by atoms with Crippen molar-refractivity contribution in [2.45, 2.75) is 31.5 Å². The maximum absolute atomic E-state index is 12.2. The fourth-order valence-corrected chi connectivity index (χ4v) is 3.16. The van der Waals surface area contributed by atoms with E-state index in [1.54, 1.807) is 0 Å². The van der Waals surface area contributed by atoms with E-state index in [4.69, 9.17) is 12.6 Å². The Kier molecular flexibility index (Phi) is 6.22. The molecule has 8 heteroatoms. The van der Waals surface area contributed by atoms with Gasteiger partial charge in [-0.1, -0.05) is 36.4 Å². The number of ether oxygens (including phenoxy) is 1. The molecule has 1 aliphatic carbocycles. The molecule has 1 N–H and O–H groups in total. The van der Waals surface area contributed by atoms with Gasteiger partial charge in [0.05, 0.1) is 5.92 Å². The monoisotopic (exact) mass is 495 g/mol. The number of nitrogens with one attached hydrogen (secondary N) is 1. The van der Waals surface area contributed by atoms with Crippen molar-refractivity contribution < 1.29 is 40.2 Å². The SMILES string of the molecule is [B]C(=O)N1C(=O)[C@H]2C[C@@H]1[CH-]C[C@@H]2NC(=O)OCc1ccccc1.[W]. The number of rotatable bonds is 3. The number of hydrogen-bond acceptors (Lipinski definition) is 4. The van der Waals surface area contributed by atoms with Crippen molar-refractivity contribution in [1.82, 2.24) is 10.2 Å². The number of carbonyl (C=O) groups excluding carboxylic acids is 3. The van der Waals surface area contributed by atoms with E-state index < -0.39 is 17.8 Å². The minimum Gasteiger partial charge on any atom is -0.445 e. The van der Waals surface area contributed by atoms with Crippen LogP contribution in [-0.2, 0) is 37.2 Å². The molecular weight excluding hydrogens is 479 g/mol. The molecule has 0 spiro atoms. The van der Waals surface area contributed by atoms with Crippen molar-refractivity contribution in [1.29, 1.82) is 0 Å². The number of hydrogen-bond donors (Lipinski definition) is 1. The summed E-state index contributed by atoms with van der Waals surface area (Å²) in [7, 11) is 5.24. The summed E-state index contributed by atoms with van der Waals surface area (Å²) in [6.45, 7) is 0.164. The predicted octanol–water partition coefficient (Wildman–Crippen LogP) is 1.39. The average molecular weight is 495 g/mol. The molecule has 1 saturated carbocycles. The summed E-state index contributed by atoms with van der Waals surface area (Å²) in [6, 6.07) is 8.70. The van der Waals surface area contributed by atoms with Gasteiger partial charge in [-0.15, -0.1) is 0 Å². The van der Waals surface area contributed by atoms with Gasteiger partial charge in [0.25, 0.3) is 0 Å². The van der Waals surface area contributed by atoms with Gasteiger partial charge in [0.1, 0.15) is 6.61 Å². The Balaban J connectivity index is 0.00000208. The summed E-state index contributed by atoms with van der Waals surface area (Å²) < 4.78 is 5.17. The molecule has 2 fully saturated rings. The molecule has 2 radical (unpaired) electrons. The van der Waals surface area contributed by atoms with Crippen LogP contribution in [-0.4, -0.2) is 42.6 Å². The first-order chi connectivity index (χ1) is 11.1. The summed E-state index contributed by atoms with van der Waals surface area (Å²) in [4.78, 5) is 36.5. The second-order valence-electron chi connectivity index (χ2n) is 5.74. The van der Waals surface area contributed by atoms with Crippen LogP contribution in [0.1, 0.15) is 18.4 Å². The van der Waals surface area contributed by atoms with Crippen LogP contribution in [0.2, 0.25) is 0 Å². The van der Waals surface area contributed by atoms with Gasteiger partial charge in [0.15, 0.2) is 5.81 Å². The van der Waals surface area contributed by atoms with Crippen molar-refractivity contribution in [2.75, 3.05) is 0 Å². The van der Waals surface area contributed by atoms with Gasteiger partial charge in [-0.05, 0) is 12.0 Å². The minimum absolute atomic E-state index is 0. The van der Waals surface area contributed by atoms with Gasteiger partial charge in [0, 0.05) is 27.1 Å². The van der Waals surface area contributed by atoms with Crippen LogP contribution in [0.15, 0.2) is 30.3 Å². The summed E-state index contributed by atoms with van der Waals surface area (Å²) in [5, 5.41) is 2.71. The van der Waals surface area contributed by atoms with Crippen LogP contribution in [0.5, 0.6) is 0 Å². The second kappa shape index (κ2) is 7.97. The van der Waals surface area contributed by atoms with Crippen LogP contribution in [0.4, 0.5) is 9.59 Å². The summed E-state index contributed by atoms with van der Waals surface area (Å²) >= 11 is 0. The Bertz CT molecular complexity index is 628. The fourth-order valence-electron chi connectivity index (χ4n) is 3.16. The van der Waals surface area contributed by atoms with Crippen molar-refractivity contribution >= 4 is 25.7 Å².